The Labute approximate surface area is 284 Å². The number of carbonyl (C=O) groups excluding carboxylic acids is 2. The molecule has 3 heterocycles. The maximum Gasteiger partial charge on any atom is 0.471 e. The number of aliphatic hydroxyl groups excluding tert-OH is 1. The molecule has 0 spiro atoms. The number of nitrogens with zero attached hydrogens (tertiary/aromatic N) is 3. The van der Waals surface area contributed by atoms with Gasteiger partial charge in [-0.05, 0) is 41.7 Å². The summed E-state index contributed by atoms with van der Waals surface area (Å²) in [5.41, 5.74) is 4.22. The van der Waals surface area contributed by atoms with Gasteiger partial charge in [-0.2, -0.15) is 13.2 Å². The van der Waals surface area contributed by atoms with Crippen molar-refractivity contribution in [1.82, 2.24) is 14.7 Å². The molecular formula is C37H43F3N4O5. The van der Waals surface area contributed by atoms with Gasteiger partial charge in [0.15, 0.2) is 6.29 Å². The number of hydrogen-bond donors (Lipinski definition) is 2. The Kier molecular flexibility index (Phi) is 11.0. The number of alkyl halides is 3. The van der Waals surface area contributed by atoms with E-state index in [4.69, 9.17) is 9.47 Å². The van der Waals surface area contributed by atoms with Crippen molar-refractivity contribution in [2.45, 2.75) is 63.6 Å². The molecule has 3 fully saturated rings. The molecule has 3 aromatic carbocycles. The number of anilines is 1. The van der Waals surface area contributed by atoms with E-state index in [0.29, 0.717) is 17.0 Å². The summed E-state index contributed by atoms with van der Waals surface area (Å²) in [6.07, 6.45) is -5.69. The van der Waals surface area contributed by atoms with Crippen molar-refractivity contribution in [3.8, 4) is 0 Å². The van der Waals surface area contributed by atoms with Gasteiger partial charge in [0.25, 0.3) is 0 Å². The quantitative estimate of drug-likeness (QED) is 0.318. The first-order valence-corrected chi connectivity index (χ1v) is 16.9. The van der Waals surface area contributed by atoms with E-state index in [2.05, 4.69) is 46.3 Å². The Morgan fingerprint density at radius 1 is 0.837 bits per heavy atom. The van der Waals surface area contributed by atoms with Crippen molar-refractivity contribution >= 4 is 17.5 Å². The number of nitrogens with one attached hydrogen (secondary N) is 1. The van der Waals surface area contributed by atoms with Crippen LogP contribution in [0.15, 0.2) is 78.9 Å². The molecule has 3 saturated heterocycles. The van der Waals surface area contributed by atoms with Gasteiger partial charge in [-0.15, -0.1) is 0 Å². The van der Waals surface area contributed by atoms with Gasteiger partial charge in [0, 0.05) is 63.0 Å². The lowest BCUT2D eigenvalue weighted by molar-refractivity contribution is -0.276. The van der Waals surface area contributed by atoms with Crippen molar-refractivity contribution < 1.29 is 37.3 Å². The summed E-state index contributed by atoms with van der Waals surface area (Å²) in [6, 6.07) is 23.9. The normalized spacial score (nSPS) is 25.3. The van der Waals surface area contributed by atoms with Gasteiger partial charge in [-0.1, -0.05) is 73.7 Å². The highest BCUT2D eigenvalue weighted by molar-refractivity contribution is 5.98. The van der Waals surface area contributed by atoms with Crippen LogP contribution in [0.25, 0.3) is 0 Å². The summed E-state index contributed by atoms with van der Waals surface area (Å²) in [5, 5.41) is 12.2. The Morgan fingerprint density at radius 2 is 1.49 bits per heavy atom. The zero-order valence-electron chi connectivity index (χ0n) is 27.5. The van der Waals surface area contributed by atoms with Gasteiger partial charge in [-0.25, -0.2) is 0 Å². The third kappa shape index (κ3) is 8.50. The Bertz CT molecular complexity index is 1550. The van der Waals surface area contributed by atoms with Gasteiger partial charge in [-0.3, -0.25) is 19.4 Å². The minimum absolute atomic E-state index is 0.0194. The molecule has 6 rings (SSSR count). The average Bonchev–Trinajstić information content (AvgIpc) is 3.60. The van der Waals surface area contributed by atoms with Crippen LogP contribution in [0.2, 0.25) is 0 Å². The van der Waals surface area contributed by atoms with E-state index >= 15 is 0 Å². The van der Waals surface area contributed by atoms with Crippen molar-refractivity contribution in [2.24, 2.45) is 5.92 Å². The van der Waals surface area contributed by atoms with Gasteiger partial charge in [0.2, 0.25) is 5.91 Å². The van der Waals surface area contributed by atoms with Crippen LogP contribution in [-0.2, 0) is 32.2 Å². The third-order valence-electron chi connectivity index (χ3n) is 9.78. The second-order valence-corrected chi connectivity index (χ2v) is 13.1. The first-order chi connectivity index (χ1) is 23.6. The topological polar surface area (TPSA) is 94.6 Å². The van der Waals surface area contributed by atoms with Crippen LogP contribution in [-0.4, -0.2) is 89.2 Å². The van der Waals surface area contributed by atoms with Gasteiger partial charge in [0.05, 0.1) is 18.8 Å². The van der Waals surface area contributed by atoms with Crippen LogP contribution in [0.5, 0.6) is 0 Å². The van der Waals surface area contributed by atoms with E-state index in [1.54, 1.807) is 24.3 Å². The maximum atomic E-state index is 13.1. The van der Waals surface area contributed by atoms with E-state index in [-0.39, 0.29) is 37.7 Å². The fourth-order valence-corrected chi connectivity index (χ4v) is 6.95. The van der Waals surface area contributed by atoms with Crippen LogP contribution in [0.3, 0.4) is 0 Å². The predicted molar refractivity (Wildman–Crippen MR) is 177 cm³/mol. The highest BCUT2D eigenvalue weighted by Gasteiger charge is 2.47. The number of carbonyl (C=O) groups is 2. The number of halogens is 3. The molecule has 3 aliphatic heterocycles. The molecule has 262 valence electrons. The molecule has 0 aliphatic carbocycles. The molecular weight excluding hydrogens is 637 g/mol. The zero-order valence-corrected chi connectivity index (χ0v) is 27.5. The summed E-state index contributed by atoms with van der Waals surface area (Å²) >= 11 is 0. The molecule has 0 radical (unpaired) electrons. The van der Waals surface area contributed by atoms with Crippen molar-refractivity contribution in [3.05, 3.63) is 101 Å². The number of hydrogen-bond acceptors (Lipinski definition) is 7. The molecule has 3 aromatic rings. The number of piperazine rings is 1. The molecule has 0 unspecified atom stereocenters. The second-order valence-electron chi connectivity index (χ2n) is 13.1. The summed E-state index contributed by atoms with van der Waals surface area (Å²) < 4.78 is 52.4. The van der Waals surface area contributed by atoms with Gasteiger partial charge >= 0.3 is 12.1 Å². The summed E-state index contributed by atoms with van der Waals surface area (Å²) in [4.78, 5) is 30.3. The molecule has 5 atom stereocenters. The highest BCUT2D eigenvalue weighted by atomic mass is 19.4. The number of likely N-dealkylation sites (tertiary alicyclic amines) is 1. The lowest BCUT2D eigenvalue weighted by atomic mass is 9.90. The monoisotopic (exact) mass is 680 g/mol. The molecule has 49 heavy (non-hydrogen) atoms. The van der Waals surface area contributed by atoms with Crippen molar-refractivity contribution in [3.63, 3.8) is 0 Å². The molecule has 3 aliphatic rings. The van der Waals surface area contributed by atoms with Crippen molar-refractivity contribution in [2.75, 3.05) is 44.6 Å². The van der Waals surface area contributed by atoms with Gasteiger partial charge < -0.3 is 24.8 Å². The van der Waals surface area contributed by atoms with E-state index in [9.17, 15) is 27.9 Å². The van der Waals surface area contributed by atoms with Crippen LogP contribution in [0.1, 0.15) is 54.4 Å². The van der Waals surface area contributed by atoms with E-state index < -0.39 is 30.3 Å². The largest absolute Gasteiger partial charge is 0.471 e. The third-order valence-corrected chi connectivity index (χ3v) is 9.78. The standard InChI is InChI=1S/C37H43F3N4O5/c1-25-32(23-43-20-18-42(19-21-43)22-26-6-3-2-4-7-26)48-35(49-33(25)28-11-9-27(24-45)10-12-28)29-13-15-30(16-14-29)41-34(46)31-8-5-17-44(31)36(47)37(38,39)40/h2-4,6-7,9-16,25,31-33,35,45H,5,8,17-24H2,1H3,(H,41,46)/t25-,31-,32+,33+,35+/m0/s1. The molecule has 0 saturated carbocycles. The minimum atomic E-state index is -5.03. The smallest absolute Gasteiger partial charge is 0.392 e. The van der Waals surface area contributed by atoms with E-state index in [0.717, 1.165) is 56.0 Å². The van der Waals surface area contributed by atoms with Gasteiger partial charge in [0.1, 0.15) is 6.04 Å². The van der Waals surface area contributed by atoms with Crippen LogP contribution in [0.4, 0.5) is 18.9 Å². The Morgan fingerprint density at radius 3 is 2.14 bits per heavy atom. The summed E-state index contributed by atoms with van der Waals surface area (Å²) in [5.74, 6) is -2.63. The second kappa shape index (κ2) is 15.4. The number of benzene rings is 3. The molecule has 2 amide bonds. The molecule has 2 N–H and O–H groups in total. The first kappa shape index (κ1) is 35.0. The summed E-state index contributed by atoms with van der Waals surface area (Å²) in [7, 11) is 0. The predicted octanol–water partition coefficient (Wildman–Crippen LogP) is 5.28. The van der Waals surface area contributed by atoms with E-state index in [1.807, 2.05) is 30.3 Å². The minimum Gasteiger partial charge on any atom is -0.392 e. The van der Waals surface area contributed by atoms with Crippen LogP contribution >= 0.6 is 0 Å². The van der Waals surface area contributed by atoms with Crippen molar-refractivity contribution in [1.29, 1.82) is 0 Å². The molecule has 12 heteroatoms. The highest BCUT2D eigenvalue weighted by Crippen LogP contribution is 2.42. The number of amides is 2. The zero-order chi connectivity index (χ0) is 34.5. The molecule has 0 bridgehead atoms. The number of aliphatic hydroxyl groups is 1. The molecule has 0 aromatic heterocycles. The SMILES string of the molecule is C[C@H]1[C@@H](CN2CCN(Cc3ccccc3)CC2)O[C@@H](c2ccc(NC(=O)[C@@H]3CCCN3C(=O)C(F)(F)F)cc2)O[C@H]1c1ccc(CO)cc1. The summed E-state index contributed by atoms with van der Waals surface area (Å²) in [6.45, 7) is 7.37. The first-order valence-electron chi connectivity index (χ1n) is 16.9. The maximum absolute atomic E-state index is 13.1. The van der Waals surface area contributed by atoms with Crippen LogP contribution in [0, 0.1) is 5.92 Å². The fraction of sp³-hybridized carbons (Fsp3) is 0.459. The molecule has 9 nitrogen and oxygen atoms in total. The van der Waals surface area contributed by atoms with E-state index in [1.165, 1.54) is 5.56 Å². The number of rotatable bonds is 9. The lowest BCUT2D eigenvalue weighted by Gasteiger charge is -2.44. The Balaban J connectivity index is 1.13. The lowest BCUT2D eigenvalue weighted by Crippen LogP contribution is -2.51. The fourth-order valence-electron chi connectivity index (χ4n) is 6.95. The Hall–Kier alpha value is -3.81. The van der Waals surface area contributed by atoms with Crippen LogP contribution < -0.4 is 5.32 Å². The average molecular weight is 681 g/mol. The number of ether oxygens (including phenoxy) is 2.